The molecule has 0 saturated carbocycles. The second-order valence-corrected chi connectivity index (χ2v) is 5.56. The van der Waals surface area contributed by atoms with Crippen molar-refractivity contribution in [2.45, 2.75) is 52.7 Å². The maximum absolute atomic E-state index is 13.2. The zero-order valence-electron chi connectivity index (χ0n) is 14.6. The average molecular weight is 327 g/mol. The van der Waals surface area contributed by atoms with Gasteiger partial charge >= 0.3 is 12.1 Å². The first kappa shape index (κ1) is 20.9. The summed E-state index contributed by atoms with van der Waals surface area (Å²) >= 11 is 0. The molecule has 0 aliphatic heterocycles. The SMILES string of the molecule is CC.COC(=O)C(Cc1cccc(F)c1)NC(=O)OC(C)(C)C. The van der Waals surface area contributed by atoms with E-state index in [1.54, 1.807) is 26.8 Å². The van der Waals surface area contributed by atoms with Gasteiger partial charge in [0.05, 0.1) is 7.11 Å². The summed E-state index contributed by atoms with van der Waals surface area (Å²) in [5.41, 5.74) is -0.106. The van der Waals surface area contributed by atoms with Crippen LogP contribution in [0.3, 0.4) is 0 Å². The van der Waals surface area contributed by atoms with E-state index in [0.717, 1.165) is 0 Å². The highest BCUT2D eigenvalue weighted by molar-refractivity contribution is 5.81. The Morgan fingerprint density at radius 2 is 1.87 bits per heavy atom. The molecule has 1 N–H and O–H groups in total. The van der Waals surface area contributed by atoms with E-state index in [1.165, 1.54) is 25.3 Å². The van der Waals surface area contributed by atoms with Crippen molar-refractivity contribution in [2.75, 3.05) is 7.11 Å². The molecule has 0 aromatic heterocycles. The van der Waals surface area contributed by atoms with Crippen molar-refractivity contribution < 1.29 is 23.5 Å². The van der Waals surface area contributed by atoms with Gasteiger partial charge in [0.15, 0.2) is 0 Å². The number of hydrogen-bond donors (Lipinski definition) is 1. The van der Waals surface area contributed by atoms with E-state index >= 15 is 0 Å². The second-order valence-electron chi connectivity index (χ2n) is 5.56. The number of methoxy groups -OCH3 is 1. The predicted octanol–water partition coefficient (Wildman–Crippen LogP) is 3.46. The summed E-state index contributed by atoms with van der Waals surface area (Å²) in [6.45, 7) is 9.14. The Kier molecular flexibility index (Phi) is 8.92. The van der Waals surface area contributed by atoms with Crippen LogP contribution >= 0.6 is 0 Å². The first-order chi connectivity index (χ1) is 10.7. The van der Waals surface area contributed by atoms with Crippen LogP contribution in [0, 0.1) is 5.82 Å². The molecule has 0 bridgehead atoms. The van der Waals surface area contributed by atoms with Crippen LogP contribution in [0.15, 0.2) is 24.3 Å². The smallest absolute Gasteiger partial charge is 0.408 e. The Bertz CT molecular complexity index is 512. The largest absolute Gasteiger partial charge is 0.467 e. The zero-order valence-corrected chi connectivity index (χ0v) is 14.6. The van der Waals surface area contributed by atoms with E-state index in [2.05, 4.69) is 10.1 Å². The van der Waals surface area contributed by atoms with Gasteiger partial charge in [-0.25, -0.2) is 14.0 Å². The Morgan fingerprint density at radius 1 is 1.26 bits per heavy atom. The highest BCUT2D eigenvalue weighted by Gasteiger charge is 2.25. The third-order valence-electron chi connectivity index (χ3n) is 2.51. The second kappa shape index (κ2) is 9.82. The van der Waals surface area contributed by atoms with Gasteiger partial charge in [-0.1, -0.05) is 26.0 Å². The number of hydrogen-bond acceptors (Lipinski definition) is 4. The minimum atomic E-state index is -0.938. The van der Waals surface area contributed by atoms with E-state index in [0.29, 0.717) is 5.56 Å². The lowest BCUT2D eigenvalue weighted by Gasteiger charge is -2.22. The van der Waals surface area contributed by atoms with Crippen LogP contribution < -0.4 is 5.32 Å². The monoisotopic (exact) mass is 327 g/mol. The lowest BCUT2D eigenvalue weighted by Crippen LogP contribution is -2.45. The Hall–Kier alpha value is -2.11. The highest BCUT2D eigenvalue weighted by Crippen LogP contribution is 2.10. The molecular weight excluding hydrogens is 301 g/mol. The van der Waals surface area contributed by atoms with E-state index in [4.69, 9.17) is 4.74 Å². The lowest BCUT2D eigenvalue weighted by molar-refractivity contribution is -0.143. The van der Waals surface area contributed by atoms with Crippen LogP contribution in [0.5, 0.6) is 0 Å². The summed E-state index contributed by atoms with van der Waals surface area (Å²) in [5.74, 6) is -1.03. The molecule has 0 heterocycles. The third kappa shape index (κ3) is 8.80. The van der Waals surface area contributed by atoms with Crippen LogP contribution in [-0.4, -0.2) is 30.8 Å². The molecule has 0 aliphatic carbocycles. The molecule has 130 valence electrons. The van der Waals surface area contributed by atoms with E-state index in [-0.39, 0.29) is 6.42 Å². The molecule has 0 spiro atoms. The van der Waals surface area contributed by atoms with Crippen molar-refractivity contribution in [1.29, 1.82) is 0 Å². The highest BCUT2D eigenvalue weighted by atomic mass is 19.1. The predicted molar refractivity (Wildman–Crippen MR) is 86.6 cm³/mol. The van der Waals surface area contributed by atoms with Crippen molar-refractivity contribution >= 4 is 12.1 Å². The standard InChI is InChI=1S/C15H20FNO4.C2H6/c1-15(2,3)21-14(19)17-12(13(18)20-4)9-10-6-5-7-11(16)8-10;1-2/h5-8,12H,9H2,1-4H3,(H,17,19);1-2H3. The van der Waals surface area contributed by atoms with Crippen molar-refractivity contribution in [1.82, 2.24) is 5.32 Å². The van der Waals surface area contributed by atoms with Gasteiger partial charge in [0.1, 0.15) is 17.5 Å². The number of carbonyl (C=O) groups excluding carboxylic acids is 2. The van der Waals surface area contributed by atoms with E-state index in [1.807, 2.05) is 13.8 Å². The van der Waals surface area contributed by atoms with Gasteiger partial charge in [-0.2, -0.15) is 0 Å². The quantitative estimate of drug-likeness (QED) is 0.860. The summed E-state index contributed by atoms with van der Waals surface area (Å²) in [6, 6.07) is 4.86. The van der Waals surface area contributed by atoms with Crippen LogP contribution in [0.1, 0.15) is 40.2 Å². The molecule has 0 saturated heterocycles. The van der Waals surface area contributed by atoms with Crippen molar-refractivity contribution in [2.24, 2.45) is 0 Å². The van der Waals surface area contributed by atoms with Crippen LogP contribution in [0.2, 0.25) is 0 Å². The number of nitrogens with one attached hydrogen (secondary N) is 1. The maximum atomic E-state index is 13.2. The molecule has 6 heteroatoms. The van der Waals surface area contributed by atoms with Gasteiger partial charge in [0, 0.05) is 6.42 Å². The topological polar surface area (TPSA) is 64.6 Å². The number of ether oxygens (including phenoxy) is 2. The minimum Gasteiger partial charge on any atom is -0.467 e. The Morgan fingerprint density at radius 3 is 2.35 bits per heavy atom. The molecule has 0 radical (unpaired) electrons. The maximum Gasteiger partial charge on any atom is 0.408 e. The first-order valence-electron chi connectivity index (χ1n) is 7.53. The summed E-state index contributed by atoms with van der Waals surface area (Å²) in [5, 5.41) is 2.43. The summed E-state index contributed by atoms with van der Waals surface area (Å²) in [4.78, 5) is 23.4. The fourth-order valence-electron chi connectivity index (χ4n) is 1.69. The number of alkyl carbamates (subject to hydrolysis) is 1. The van der Waals surface area contributed by atoms with Gasteiger partial charge < -0.3 is 14.8 Å². The van der Waals surface area contributed by atoms with E-state index in [9.17, 15) is 14.0 Å². The molecule has 1 rings (SSSR count). The Labute approximate surface area is 137 Å². The van der Waals surface area contributed by atoms with Gasteiger partial charge in [-0.05, 0) is 38.5 Å². The van der Waals surface area contributed by atoms with Gasteiger partial charge in [0.2, 0.25) is 0 Å². The molecule has 0 aliphatic rings. The van der Waals surface area contributed by atoms with Gasteiger partial charge in [0.25, 0.3) is 0 Å². The van der Waals surface area contributed by atoms with E-state index < -0.39 is 29.5 Å². The number of esters is 1. The number of benzene rings is 1. The van der Waals surface area contributed by atoms with Crippen LogP contribution in [0.25, 0.3) is 0 Å². The van der Waals surface area contributed by atoms with Gasteiger partial charge in [-0.3, -0.25) is 0 Å². The minimum absolute atomic E-state index is 0.115. The number of carbonyl (C=O) groups is 2. The number of rotatable bonds is 4. The average Bonchev–Trinajstić information content (AvgIpc) is 2.46. The van der Waals surface area contributed by atoms with Crippen LogP contribution in [0.4, 0.5) is 9.18 Å². The summed E-state index contributed by atoms with van der Waals surface area (Å²) < 4.78 is 22.9. The normalized spacial score (nSPS) is 11.6. The molecule has 1 unspecified atom stereocenters. The zero-order chi connectivity index (χ0) is 18.0. The molecule has 23 heavy (non-hydrogen) atoms. The summed E-state index contributed by atoms with van der Waals surface area (Å²) in [7, 11) is 1.22. The fraction of sp³-hybridized carbons (Fsp3) is 0.529. The number of halogens is 1. The van der Waals surface area contributed by atoms with Crippen LogP contribution in [-0.2, 0) is 20.7 Å². The first-order valence-corrected chi connectivity index (χ1v) is 7.53. The lowest BCUT2D eigenvalue weighted by atomic mass is 10.1. The Balaban J connectivity index is 0.00000232. The summed E-state index contributed by atoms with van der Waals surface area (Å²) in [6.07, 6.45) is -0.613. The van der Waals surface area contributed by atoms with Crippen molar-refractivity contribution in [3.8, 4) is 0 Å². The number of amides is 1. The third-order valence-corrected chi connectivity index (χ3v) is 2.51. The van der Waals surface area contributed by atoms with Crippen molar-refractivity contribution in [3.05, 3.63) is 35.6 Å². The molecule has 1 aromatic carbocycles. The fourth-order valence-corrected chi connectivity index (χ4v) is 1.69. The molecule has 5 nitrogen and oxygen atoms in total. The molecule has 1 amide bonds. The van der Waals surface area contributed by atoms with Gasteiger partial charge in [-0.15, -0.1) is 0 Å². The molecule has 1 atom stereocenters. The molecule has 1 aromatic rings. The van der Waals surface area contributed by atoms with Crippen molar-refractivity contribution in [3.63, 3.8) is 0 Å². The molecule has 0 fully saturated rings. The molecular formula is C17H26FNO4.